The van der Waals surface area contributed by atoms with Crippen LogP contribution in [0.15, 0.2) is 0 Å². The van der Waals surface area contributed by atoms with Gasteiger partial charge in [-0.2, -0.15) is 0 Å². The standard InChI is InChI=1S/C18H26O9/c1-9-20-5-11-3-17(24-9)15(26-17)13(22-11)7-19-8-14-16-18(27-16)4-12(23-14)6-21-10(2)25-18/h9-16H,3-8H2,1-2H3/t9-,10+,11-,12-,13+,14-,15+,16-,17+,18+/m1/s1. The van der Waals surface area contributed by atoms with Crippen molar-refractivity contribution in [2.24, 2.45) is 0 Å². The van der Waals surface area contributed by atoms with Crippen LogP contribution in [0.3, 0.4) is 0 Å². The van der Waals surface area contributed by atoms with E-state index in [9.17, 15) is 0 Å². The Kier molecular flexibility index (Phi) is 3.93. The molecule has 6 aliphatic heterocycles. The van der Waals surface area contributed by atoms with E-state index in [-0.39, 0.29) is 49.2 Å². The molecule has 0 aromatic carbocycles. The van der Waals surface area contributed by atoms with Crippen LogP contribution in [-0.4, -0.2) is 87.2 Å². The normalized spacial score (nSPS) is 58.4. The van der Waals surface area contributed by atoms with Crippen molar-refractivity contribution >= 4 is 0 Å². The van der Waals surface area contributed by atoms with Crippen molar-refractivity contribution in [1.82, 2.24) is 0 Å². The Hall–Kier alpha value is -0.360. The fraction of sp³-hybridized carbons (Fsp3) is 1.00. The minimum Gasteiger partial charge on any atom is -0.376 e. The average Bonchev–Trinajstić information content (AvgIpc) is 3.52. The number of fused-ring (bicyclic) bond motifs is 2. The number of epoxide rings is 2. The second kappa shape index (κ2) is 6.07. The van der Waals surface area contributed by atoms with Gasteiger partial charge in [0.15, 0.2) is 12.6 Å². The Bertz CT molecular complexity index is 545. The third-order valence-corrected chi connectivity index (χ3v) is 6.17. The van der Waals surface area contributed by atoms with E-state index in [1.54, 1.807) is 0 Å². The first-order valence-corrected chi connectivity index (χ1v) is 9.88. The zero-order valence-electron chi connectivity index (χ0n) is 15.5. The van der Waals surface area contributed by atoms with E-state index in [4.69, 9.17) is 42.6 Å². The highest BCUT2D eigenvalue weighted by molar-refractivity contribution is 5.07. The Morgan fingerprint density at radius 2 is 1.22 bits per heavy atom. The quantitative estimate of drug-likeness (QED) is 0.633. The summed E-state index contributed by atoms with van der Waals surface area (Å²) in [6.45, 7) is 5.63. The highest BCUT2D eigenvalue weighted by Gasteiger charge is 2.69. The summed E-state index contributed by atoms with van der Waals surface area (Å²) in [5, 5.41) is 0. The largest absolute Gasteiger partial charge is 0.376 e. The van der Waals surface area contributed by atoms with Crippen LogP contribution < -0.4 is 0 Å². The Balaban J connectivity index is 1.05. The first kappa shape index (κ1) is 17.5. The van der Waals surface area contributed by atoms with Gasteiger partial charge in [-0.1, -0.05) is 0 Å². The molecule has 9 nitrogen and oxygen atoms in total. The van der Waals surface area contributed by atoms with Gasteiger partial charge >= 0.3 is 0 Å². The summed E-state index contributed by atoms with van der Waals surface area (Å²) in [6, 6.07) is 0. The molecule has 0 aromatic heterocycles. The molecule has 27 heavy (non-hydrogen) atoms. The first-order valence-electron chi connectivity index (χ1n) is 9.88. The highest BCUT2D eigenvalue weighted by atomic mass is 16.9. The number of ether oxygens (including phenoxy) is 9. The van der Waals surface area contributed by atoms with E-state index in [0.717, 1.165) is 0 Å². The molecule has 6 aliphatic rings. The molecule has 10 atom stereocenters. The third-order valence-electron chi connectivity index (χ3n) is 6.17. The van der Waals surface area contributed by atoms with E-state index in [1.807, 2.05) is 13.8 Å². The van der Waals surface area contributed by atoms with Gasteiger partial charge in [-0.05, 0) is 13.8 Å². The van der Waals surface area contributed by atoms with Gasteiger partial charge in [0.2, 0.25) is 11.6 Å². The monoisotopic (exact) mass is 386 g/mol. The van der Waals surface area contributed by atoms with Gasteiger partial charge in [-0.25, -0.2) is 0 Å². The predicted molar refractivity (Wildman–Crippen MR) is 85.6 cm³/mol. The van der Waals surface area contributed by atoms with Crippen molar-refractivity contribution in [2.75, 3.05) is 26.4 Å². The number of hydrogen-bond donors (Lipinski definition) is 0. The average molecular weight is 386 g/mol. The molecule has 4 bridgehead atoms. The van der Waals surface area contributed by atoms with Gasteiger partial charge in [0.25, 0.3) is 0 Å². The number of rotatable bonds is 4. The summed E-state index contributed by atoms with van der Waals surface area (Å²) in [6.07, 6.45) is 0.248. The lowest BCUT2D eigenvalue weighted by Crippen LogP contribution is -2.45. The summed E-state index contributed by atoms with van der Waals surface area (Å²) >= 11 is 0. The van der Waals surface area contributed by atoms with Crippen molar-refractivity contribution < 1.29 is 42.6 Å². The van der Waals surface area contributed by atoms with E-state index < -0.39 is 11.6 Å². The second-order valence-corrected chi connectivity index (χ2v) is 8.28. The molecule has 6 saturated heterocycles. The number of hydrogen-bond acceptors (Lipinski definition) is 9. The van der Waals surface area contributed by atoms with Gasteiger partial charge in [0.1, 0.15) is 24.4 Å². The molecule has 0 amide bonds. The Morgan fingerprint density at radius 3 is 1.70 bits per heavy atom. The smallest absolute Gasteiger partial charge is 0.203 e. The van der Waals surface area contributed by atoms with E-state index in [2.05, 4.69) is 0 Å². The second-order valence-electron chi connectivity index (χ2n) is 8.28. The van der Waals surface area contributed by atoms with Gasteiger partial charge in [0, 0.05) is 12.8 Å². The molecule has 0 radical (unpaired) electrons. The lowest BCUT2D eigenvalue weighted by Gasteiger charge is -2.30. The van der Waals surface area contributed by atoms with Crippen LogP contribution >= 0.6 is 0 Å². The molecule has 2 spiro atoms. The maximum absolute atomic E-state index is 6.10. The fourth-order valence-electron chi connectivity index (χ4n) is 4.93. The van der Waals surface area contributed by atoms with Crippen LogP contribution in [0, 0.1) is 0 Å². The van der Waals surface area contributed by atoms with E-state index >= 15 is 0 Å². The lowest BCUT2D eigenvalue weighted by atomic mass is 10.0. The van der Waals surface area contributed by atoms with Crippen molar-refractivity contribution in [1.29, 1.82) is 0 Å². The first-order chi connectivity index (χ1) is 13.1. The summed E-state index contributed by atoms with van der Waals surface area (Å²) in [7, 11) is 0. The summed E-state index contributed by atoms with van der Waals surface area (Å²) in [5.74, 6) is -1.12. The molecule has 0 aromatic rings. The SMILES string of the molecule is C[C@@H]1OC[C@H]2C[C@]3(O1)O[C@H]3[C@H](COC[C@H]1O[C@H]3CO[C@H](C)O[C@@]4(C3)O[C@H]14)O2. The van der Waals surface area contributed by atoms with Crippen molar-refractivity contribution in [3.05, 3.63) is 0 Å². The van der Waals surface area contributed by atoms with Crippen LogP contribution in [-0.2, 0) is 42.6 Å². The third kappa shape index (κ3) is 2.95. The maximum Gasteiger partial charge on any atom is 0.203 e. The molecule has 0 unspecified atom stereocenters. The minimum atomic E-state index is -0.561. The van der Waals surface area contributed by atoms with E-state index in [0.29, 0.717) is 39.3 Å². The summed E-state index contributed by atoms with van der Waals surface area (Å²) in [4.78, 5) is 0. The molecule has 6 heterocycles. The van der Waals surface area contributed by atoms with E-state index in [1.165, 1.54) is 0 Å². The molecule has 152 valence electrons. The topological polar surface area (TPSA) is 89.7 Å². The molecule has 0 saturated carbocycles. The lowest BCUT2D eigenvalue weighted by molar-refractivity contribution is -0.180. The van der Waals surface area contributed by atoms with Gasteiger partial charge in [-0.15, -0.1) is 0 Å². The summed E-state index contributed by atoms with van der Waals surface area (Å²) < 4.78 is 52.9. The van der Waals surface area contributed by atoms with Crippen molar-refractivity contribution in [3.8, 4) is 0 Å². The molecular formula is C18H26O9. The molecule has 0 N–H and O–H groups in total. The molecule has 6 fully saturated rings. The zero-order valence-corrected chi connectivity index (χ0v) is 15.5. The van der Waals surface area contributed by atoms with Crippen LogP contribution in [0.1, 0.15) is 26.7 Å². The molecule has 6 rings (SSSR count). The van der Waals surface area contributed by atoms with Gasteiger partial charge in [0.05, 0.1) is 38.6 Å². The van der Waals surface area contributed by atoms with Crippen molar-refractivity contribution in [3.63, 3.8) is 0 Å². The summed E-state index contributed by atoms with van der Waals surface area (Å²) in [5.41, 5.74) is 0. The minimum absolute atomic E-state index is 0.0295. The van der Waals surface area contributed by atoms with Gasteiger partial charge < -0.3 is 42.6 Å². The maximum atomic E-state index is 6.10. The van der Waals surface area contributed by atoms with Crippen molar-refractivity contribution in [2.45, 2.75) is 87.5 Å². The fourth-order valence-corrected chi connectivity index (χ4v) is 4.93. The molecule has 0 aliphatic carbocycles. The van der Waals surface area contributed by atoms with Gasteiger partial charge in [-0.3, -0.25) is 0 Å². The van der Waals surface area contributed by atoms with Crippen LogP contribution in [0.2, 0.25) is 0 Å². The highest BCUT2D eigenvalue weighted by Crippen LogP contribution is 2.52. The predicted octanol–water partition coefficient (Wildman–Crippen LogP) is 0.294. The Labute approximate surface area is 157 Å². The molecular weight excluding hydrogens is 360 g/mol. The molecule has 9 heteroatoms. The van der Waals surface area contributed by atoms with Crippen LogP contribution in [0.4, 0.5) is 0 Å². The zero-order chi connectivity index (χ0) is 18.2. The van der Waals surface area contributed by atoms with Crippen LogP contribution in [0.5, 0.6) is 0 Å². The Morgan fingerprint density at radius 1 is 0.741 bits per heavy atom. The van der Waals surface area contributed by atoms with Crippen LogP contribution in [0.25, 0.3) is 0 Å².